The predicted octanol–water partition coefficient (Wildman–Crippen LogP) is 1.73. The normalized spacial score (nSPS) is 16.6. The monoisotopic (exact) mass is 310 g/mol. The Morgan fingerprint density at radius 2 is 2.00 bits per heavy atom. The van der Waals surface area contributed by atoms with Crippen LogP contribution in [-0.4, -0.2) is 20.9 Å². The minimum atomic E-state index is -3.83. The van der Waals surface area contributed by atoms with Crippen molar-refractivity contribution in [1.29, 1.82) is 0 Å². The van der Waals surface area contributed by atoms with Crippen LogP contribution in [0.2, 0.25) is 0 Å². The van der Waals surface area contributed by atoms with E-state index in [9.17, 15) is 13.2 Å². The molecular weight excluding hydrogens is 288 g/mol. The highest BCUT2D eigenvalue weighted by Crippen LogP contribution is 2.36. The van der Waals surface area contributed by atoms with Gasteiger partial charge in [0, 0.05) is 12.1 Å². The number of benzene rings is 1. The van der Waals surface area contributed by atoms with E-state index in [0.29, 0.717) is 29.5 Å². The Labute approximate surface area is 126 Å². The van der Waals surface area contributed by atoms with Crippen molar-refractivity contribution in [1.82, 2.24) is 5.32 Å². The van der Waals surface area contributed by atoms with E-state index in [4.69, 9.17) is 5.14 Å². The molecule has 0 aliphatic heterocycles. The zero-order valence-corrected chi connectivity index (χ0v) is 13.5. The summed E-state index contributed by atoms with van der Waals surface area (Å²) in [6.07, 6.45) is 2.46. The van der Waals surface area contributed by atoms with Gasteiger partial charge in [0.25, 0.3) is 5.91 Å². The number of carbonyl (C=O) groups is 1. The fraction of sp³-hybridized carbons (Fsp3) is 0.533. The number of primary sulfonamides is 1. The minimum absolute atomic E-state index is 0.0166. The highest BCUT2D eigenvalue weighted by Gasteiger charge is 2.28. The third-order valence-corrected chi connectivity index (χ3v) is 5.24. The first-order valence-corrected chi connectivity index (χ1v) is 8.67. The smallest absolute Gasteiger partial charge is 0.251 e. The first-order valence-electron chi connectivity index (χ1n) is 7.12. The molecule has 0 heterocycles. The molecule has 1 aromatic rings. The second kappa shape index (κ2) is 5.77. The molecule has 1 fully saturated rings. The lowest BCUT2D eigenvalue weighted by molar-refractivity contribution is 0.0946. The van der Waals surface area contributed by atoms with Gasteiger partial charge in [-0.3, -0.25) is 4.79 Å². The van der Waals surface area contributed by atoms with Crippen LogP contribution < -0.4 is 10.5 Å². The van der Waals surface area contributed by atoms with Crippen LogP contribution in [0.1, 0.15) is 41.3 Å². The molecule has 2 rings (SSSR count). The van der Waals surface area contributed by atoms with Gasteiger partial charge < -0.3 is 5.32 Å². The van der Waals surface area contributed by atoms with Gasteiger partial charge in [-0.15, -0.1) is 0 Å². The van der Waals surface area contributed by atoms with Crippen LogP contribution in [-0.2, 0) is 10.0 Å². The fourth-order valence-electron chi connectivity index (χ4n) is 2.44. The summed E-state index contributed by atoms with van der Waals surface area (Å²) in [5.74, 6) is 0.916. The molecule has 0 radical (unpaired) electrons. The Hall–Kier alpha value is -1.40. The Morgan fingerprint density at radius 3 is 2.52 bits per heavy atom. The van der Waals surface area contributed by atoms with Gasteiger partial charge in [0.2, 0.25) is 10.0 Å². The number of hydrogen-bond acceptors (Lipinski definition) is 3. The first kappa shape index (κ1) is 16.0. The Morgan fingerprint density at radius 1 is 1.38 bits per heavy atom. The maximum Gasteiger partial charge on any atom is 0.251 e. The SMILES string of the molecule is Cc1cc(C(=O)NCC(C)C2CC2)cc(S(N)(=O)=O)c1C. The lowest BCUT2D eigenvalue weighted by atomic mass is 10.0. The lowest BCUT2D eigenvalue weighted by Crippen LogP contribution is -2.29. The quantitative estimate of drug-likeness (QED) is 0.868. The molecule has 116 valence electrons. The molecule has 0 aromatic heterocycles. The summed E-state index contributed by atoms with van der Waals surface area (Å²) in [7, 11) is -3.83. The largest absolute Gasteiger partial charge is 0.352 e. The van der Waals surface area contributed by atoms with Crippen LogP contribution in [0.5, 0.6) is 0 Å². The van der Waals surface area contributed by atoms with E-state index in [1.54, 1.807) is 19.9 Å². The number of nitrogens with two attached hydrogens (primary N) is 1. The molecule has 1 atom stereocenters. The molecule has 1 saturated carbocycles. The standard InChI is InChI=1S/C15H22N2O3S/c1-9-6-13(7-14(11(9)3)21(16,19)20)15(18)17-8-10(2)12-4-5-12/h6-7,10,12H,4-5,8H2,1-3H3,(H,17,18)(H2,16,19,20). The molecule has 1 aliphatic rings. The molecule has 6 heteroatoms. The number of aryl methyl sites for hydroxylation is 1. The van der Waals surface area contributed by atoms with Crippen molar-refractivity contribution in [2.24, 2.45) is 17.0 Å². The van der Waals surface area contributed by atoms with E-state index in [2.05, 4.69) is 12.2 Å². The van der Waals surface area contributed by atoms with Crippen LogP contribution in [0.25, 0.3) is 0 Å². The van der Waals surface area contributed by atoms with Crippen molar-refractivity contribution in [3.8, 4) is 0 Å². The van der Waals surface area contributed by atoms with Crippen LogP contribution in [0.15, 0.2) is 17.0 Å². The molecule has 21 heavy (non-hydrogen) atoms. The summed E-state index contributed by atoms with van der Waals surface area (Å²) < 4.78 is 23.2. The van der Waals surface area contributed by atoms with Gasteiger partial charge in [-0.2, -0.15) is 0 Å². The van der Waals surface area contributed by atoms with Gasteiger partial charge >= 0.3 is 0 Å². The first-order chi connectivity index (χ1) is 9.70. The van der Waals surface area contributed by atoms with Crippen molar-refractivity contribution in [3.63, 3.8) is 0 Å². The Bertz CT molecular complexity index is 664. The number of sulfonamides is 1. The number of carbonyl (C=O) groups excluding carboxylic acids is 1. The van der Waals surface area contributed by atoms with Crippen LogP contribution >= 0.6 is 0 Å². The van der Waals surface area contributed by atoms with E-state index in [1.165, 1.54) is 18.9 Å². The van der Waals surface area contributed by atoms with Gasteiger partial charge in [0.15, 0.2) is 0 Å². The van der Waals surface area contributed by atoms with E-state index in [0.717, 1.165) is 5.56 Å². The summed E-state index contributed by atoms with van der Waals surface area (Å²) in [5.41, 5.74) is 1.66. The van der Waals surface area contributed by atoms with Gasteiger partial charge in [0.1, 0.15) is 0 Å². The number of amides is 1. The molecule has 0 saturated heterocycles. The van der Waals surface area contributed by atoms with E-state index >= 15 is 0 Å². The molecule has 5 nitrogen and oxygen atoms in total. The highest BCUT2D eigenvalue weighted by atomic mass is 32.2. The molecule has 1 aromatic carbocycles. The zero-order chi connectivity index (χ0) is 15.8. The second-order valence-electron chi connectivity index (χ2n) is 5.99. The third kappa shape index (κ3) is 3.83. The fourth-order valence-corrected chi connectivity index (χ4v) is 3.32. The maximum absolute atomic E-state index is 12.2. The molecule has 0 bridgehead atoms. The molecule has 3 N–H and O–H groups in total. The topological polar surface area (TPSA) is 89.3 Å². The predicted molar refractivity (Wildman–Crippen MR) is 81.5 cm³/mol. The van der Waals surface area contributed by atoms with Crippen molar-refractivity contribution in [2.75, 3.05) is 6.54 Å². The van der Waals surface area contributed by atoms with Gasteiger partial charge in [-0.05, 0) is 61.8 Å². The van der Waals surface area contributed by atoms with E-state index < -0.39 is 10.0 Å². The van der Waals surface area contributed by atoms with Crippen molar-refractivity contribution < 1.29 is 13.2 Å². The number of hydrogen-bond donors (Lipinski definition) is 2. The maximum atomic E-state index is 12.2. The van der Waals surface area contributed by atoms with Crippen LogP contribution in [0.4, 0.5) is 0 Å². The van der Waals surface area contributed by atoms with Crippen LogP contribution in [0, 0.1) is 25.7 Å². The molecular formula is C15H22N2O3S. The van der Waals surface area contributed by atoms with Gasteiger partial charge in [-0.1, -0.05) is 6.92 Å². The molecule has 1 amide bonds. The van der Waals surface area contributed by atoms with Gasteiger partial charge in [0.05, 0.1) is 4.90 Å². The third-order valence-electron chi connectivity index (χ3n) is 4.20. The van der Waals surface area contributed by atoms with E-state index in [1.807, 2.05) is 0 Å². The summed E-state index contributed by atoms with van der Waals surface area (Å²) >= 11 is 0. The summed E-state index contributed by atoms with van der Waals surface area (Å²) in [6.45, 7) is 6.19. The second-order valence-corrected chi connectivity index (χ2v) is 7.52. The summed E-state index contributed by atoms with van der Waals surface area (Å²) in [4.78, 5) is 12.2. The molecule has 1 unspecified atom stereocenters. The van der Waals surface area contributed by atoms with Crippen molar-refractivity contribution in [2.45, 2.75) is 38.5 Å². The minimum Gasteiger partial charge on any atom is -0.352 e. The van der Waals surface area contributed by atoms with E-state index in [-0.39, 0.29) is 10.8 Å². The Kier molecular flexibility index (Phi) is 4.39. The summed E-state index contributed by atoms with van der Waals surface area (Å²) in [5, 5.41) is 8.08. The lowest BCUT2D eigenvalue weighted by Gasteiger charge is -2.13. The Balaban J connectivity index is 2.19. The highest BCUT2D eigenvalue weighted by molar-refractivity contribution is 7.89. The van der Waals surface area contributed by atoms with Crippen LogP contribution in [0.3, 0.4) is 0 Å². The van der Waals surface area contributed by atoms with Crippen molar-refractivity contribution in [3.05, 3.63) is 28.8 Å². The van der Waals surface area contributed by atoms with Gasteiger partial charge in [-0.25, -0.2) is 13.6 Å². The molecule has 0 spiro atoms. The van der Waals surface area contributed by atoms with Crippen molar-refractivity contribution >= 4 is 15.9 Å². The average Bonchev–Trinajstić information content (AvgIpc) is 3.21. The average molecular weight is 310 g/mol. The summed E-state index contributed by atoms with van der Waals surface area (Å²) in [6, 6.07) is 3.05. The molecule has 1 aliphatic carbocycles. The number of nitrogens with one attached hydrogen (secondary N) is 1. The zero-order valence-electron chi connectivity index (χ0n) is 12.6. The number of rotatable bonds is 5.